The number of hydrogen-bond acceptors (Lipinski definition) is 3. The lowest BCUT2D eigenvalue weighted by Gasteiger charge is -2.08. The summed E-state index contributed by atoms with van der Waals surface area (Å²) in [6.07, 6.45) is 0. The third kappa shape index (κ3) is 2.78. The van der Waals surface area contributed by atoms with E-state index in [4.69, 9.17) is 5.73 Å². The Morgan fingerprint density at radius 1 is 1.62 bits per heavy atom. The Labute approximate surface area is 78.7 Å². The Bertz CT molecular complexity index is 318. The van der Waals surface area contributed by atoms with Crippen LogP contribution in [0.25, 0.3) is 0 Å². The van der Waals surface area contributed by atoms with Crippen LogP contribution in [0, 0.1) is 6.92 Å². The van der Waals surface area contributed by atoms with Gasteiger partial charge >= 0.3 is 0 Å². The van der Waals surface area contributed by atoms with E-state index in [1.807, 2.05) is 26.0 Å². The number of nitrogen functional groups attached to an aromatic ring is 1. The molecule has 0 unspecified atom stereocenters. The molecule has 0 aliphatic carbocycles. The largest absolute Gasteiger partial charge is 0.396 e. The summed E-state index contributed by atoms with van der Waals surface area (Å²) < 4.78 is 0. The molecule has 0 aliphatic rings. The summed E-state index contributed by atoms with van der Waals surface area (Å²) in [7, 11) is 0. The van der Waals surface area contributed by atoms with Crippen LogP contribution < -0.4 is 11.1 Å². The highest BCUT2D eigenvalue weighted by atomic mass is 15.0. The fraction of sp³-hybridized carbons (Fsp3) is 0.300. The number of nitrogens with one attached hydrogen (secondary N) is 1. The van der Waals surface area contributed by atoms with E-state index in [0.717, 1.165) is 17.1 Å². The molecule has 3 heteroatoms. The van der Waals surface area contributed by atoms with Crippen molar-refractivity contribution < 1.29 is 0 Å². The van der Waals surface area contributed by atoms with Crippen LogP contribution in [-0.4, -0.2) is 11.5 Å². The molecule has 3 N–H and O–H groups in total. The maximum absolute atomic E-state index is 5.72. The number of nitrogens with zero attached hydrogens (tertiary/aromatic N) is 1. The maximum Gasteiger partial charge on any atom is 0.149 e. The van der Waals surface area contributed by atoms with Crippen molar-refractivity contribution >= 4 is 11.5 Å². The van der Waals surface area contributed by atoms with E-state index in [0.29, 0.717) is 12.2 Å². The van der Waals surface area contributed by atoms with Crippen molar-refractivity contribution in [3.8, 4) is 0 Å². The van der Waals surface area contributed by atoms with Crippen LogP contribution in [0.15, 0.2) is 24.3 Å². The summed E-state index contributed by atoms with van der Waals surface area (Å²) in [5.41, 5.74) is 8.41. The van der Waals surface area contributed by atoms with Crippen LogP contribution in [0.1, 0.15) is 12.6 Å². The summed E-state index contributed by atoms with van der Waals surface area (Å²) in [6, 6.07) is 3.74. The van der Waals surface area contributed by atoms with Crippen LogP contribution in [0.5, 0.6) is 0 Å². The summed E-state index contributed by atoms with van der Waals surface area (Å²) in [6.45, 7) is 8.39. The van der Waals surface area contributed by atoms with Gasteiger partial charge in [0.15, 0.2) is 0 Å². The van der Waals surface area contributed by atoms with E-state index in [1.54, 1.807) is 0 Å². The fourth-order valence-electron chi connectivity index (χ4n) is 0.944. The monoisotopic (exact) mass is 177 g/mol. The number of rotatable bonds is 3. The lowest BCUT2D eigenvalue weighted by atomic mass is 10.3. The van der Waals surface area contributed by atoms with E-state index in [2.05, 4.69) is 16.9 Å². The van der Waals surface area contributed by atoms with Gasteiger partial charge in [-0.2, -0.15) is 0 Å². The molecule has 0 atom stereocenters. The van der Waals surface area contributed by atoms with Gasteiger partial charge in [-0.15, -0.1) is 0 Å². The van der Waals surface area contributed by atoms with Crippen molar-refractivity contribution in [2.24, 2.45) is 0 Å². The molecule has 0 radical (unpaired) electrons. The number of pyridine rings is 1. The number of aryl methyl sites for hydroxylation is 1. The van der Waals surface area contributed by atoms with Crippen LogP contribution >= 0.6 is 0 Å². The van der Waals surface area contributed by atoms with Gasteiger partial charge < -0.3 is 11.1 Å². The number of aromatic nitrogens is 1. The second kappa shape index (κ2) is 3.94. The quantitative estimate of drug-likeness (QED) is 0.694. The molecular weight excluding hydrogens is 162 g/mol. The topological polar surface area (TPSA) is 50.9 Å². The Hall–Kier alpha value is -1.51. The average Bonchev–Trinajstić information content (AvgIpc) is 2.06. The van der Waals surface area contributed by atoms with Crippen LogP contribution in [-0.2, 0) is 0 Å². The van der Waals surface area contributed by atoms with Gasteiger partial charge in [0.05, 0.1) is 5.69 Å². The van der Waals surface area contributed by atoms with Crippen molar-refractivity contribution in [1.29, 1.82) is 0 Å². The first-order valence-electron chi connectivity index (χ1n) is 4.21. The summed E-state index contributed by atoms with van der Waals surface area (Å²) in [5, 5.41) is 3.12. The molecule has 3 nitrogen and oxygen atoms in total. The second-order valence-electron chi connectivity index (χ2n) is 3.20. The molecule has 13 heavy (non-hydrogen) atoms. The molecule has 0 spiro atoms. The predicted molar refractivity (Wildman–Crippen MR) is 56.7 cm³/mol. The number of nitrogens with two attached hydrogens (primary N) is 1. The SMILES string of the molecule is C=C(C)CNc1nc(C)ccc1N. The minimum Gasteiger partial charge on any atom is -0.396 e. The van der Waals surface area contributed by atoms with Crippen molar-refractivity contribution in [3.63, 3.8) is 0 Å². The Kier molecular flexibility index (Phi) is 2.90. The molecule has 70 valence electrons. The van der Waals surface area contributed by atoms with E-state index in [-0.39, 0.29) is 0 Å². The normalized spacial score (nSPS) is 9.69. The number of anilines is 2. The first kappa shape index (κ1) is 9.58. The molecule has 0 amide bonds. The highest BCUT2D eigenvalue weighted by Gasteiger charge is 1.99. The summed E-state index contributed by atoms with van der Waals surface area (Å²) in [4.78, 5) is 4.27. The molecule has 0 bridgehead atoms. The summed E-state index contributed by atoms with van der Waals surface area (Å²) in [5.74, 6) is 0.739. The molecule has 1 aromatic rings. The molecular formula is C10H15N3. The lowest BCUT2D eigenvalue weighted by molar-refractivity contribution is 1.13. The molecule has 1 rings (SSSR count). The van der Waals surface area contributed by atoms with E-state index in [9.17, 15) is 0 Å². The minimum absolute atomic E-state index is 0.673. The highest BCUT2D eigenvalue weighted by molar-refractivity contribution is 5.61. The molecule has 0 aliphatic heterocycles. The lowest BCUT2D eigenvalue weighted by Crippen LogP contribution is -2.07. The zero-order valence-corrected chi connectivity index (χ0v) is 8.09. The molecule has 1 heterocycles. The standard InChI is InChI=1S/C10H15N3/c1-7(2)6-12-10-9(11)5-4-8(3)13-10/h4-5H,1,6,11H2,2-3H3,(H,12,13). The van der Waals surface area contributed by atoms with Gasteiger partial charge in [-0.1, -0.05) is 12.2 Å². The first-order chi connectivity index (χ1) is 6.09. The minimum atomic E-state index is 0.673. The van der Waals surface area contributed by atoms with Crippen molar-refractivity contribution in [2.75, 3.05) is 17.6 Å². The average molecular weight is 177 g/mol. The molecule has 0 fully saturated rings. The molecule has 0 aromatic carbocycles. The third-order valence-corrected chi connectivity index (χ3v) is 1.62. The van der Waals surface area contributed by atoms with Crippen LogP contribution in [0.2, 0.25) is 0 Å². The smallest absolute Gasteiger partial charge is 0.149 e. The second-order valence-corrected chi connectivity index (χ2v) is 3.20. The van der Waals surface area contributed by atoms with Gasteiger partial charge in [0.1, 0.15) is 5.82 Å². The van der Waals surface area contributed by atoms with Gasteiger partial charge in [-0.25, -0.2) is 4.98 Å². The van der Waals surface area contributed by atoms with Crippen LogP contribution in [0.3, 0.4) is 0 Å². The van der Waals surface area contributed by atoms with Gasteiger partial charge in [0.2, 0.25) is 0 Å². The Balaban J connectivity index is 2.75. The van der Waals surface area contributed by atoms with Gasteiger partial charge in [-0.05, 0) is 26.0 Å². The first-order valence-corrected chi connectivity index (χ1v) is 4.21. The highest BCUT2D eigenvalue weighted by Crippen LogP contribution is 2.15. The van der Waals surface area contributed by atoms with Crippen molar-refractivity contribution in [1.82, 2.24) is 4.98 Å². The summed E-state index contributed by atoms with van der Waals surface area (Å²) >= 11 is 0. The molecule has 0 saturated heterocycles. The maximum atomic E-state index is 5.72. The van der Waals surface area contributed by atoms with E-state index >= 15 is 0 Å². The van der Waals surface area contributed by atoms with Gasteiger partial charge in [0.25, 0.3) is 0 Å². The van der Waals surface area contributed by atoms with Crippen molar-refractivity contribution in [2.45, 2.75) is 13.8 Å². The third-order valence-electron chi connectivity index (χ3n) is 1.62. The van der Waals surface area contributed by atoms with Gasteiger partial charge in [-0.3, -0.25) is 0 Å². The Morgan fingerprint density at radius 3 is 2.92 bits per heavy atom. The van der Waals surface area contributed by atoms with E-state index < -0.39 is 0 Å². The zero-order chi connectivity index (χ0) is 9.84. The van der Waals surface area contributed by atoms with Crippen molar-refractivity contribution in [3.05, 3.63) is 30.0 Å². The molecule has 1 aromatic heterocycles. The van der Waals surface area contributed by atoms with Gasteiger partial charge in [0, 0.05) is 12.2 Å². The number of hydrogen-bond donors (Lipinski definition) is 2. The fourth-order valence-corrected chi connectivity index (χ4v) is 0.944. The molecule has 0 saturated carbocycles. The zero-order valence-electron chi connectivity index (χ0n) is 8.09. The predicted octanol–water partition coefficient (Wildman–Crippen LogP) is 1.96. The van der Waals surface area contributed by atoms with Crippen LogP contribution in [0.4, 0.5) is 11.5 Å². The van der Waals surface area contributed by atoms with E-state index in [1.165, 1.54) is 0 Å². The Morgan fingerprint density at radius 2 is 2.31 bits per heavy atom.